The van der Waals surface area contributed by atoms with E-state index in [9.17, 15) is 9.59 Å². The largest absolute Gasteiger partial charge is 0.351 e. The first-order valence-corrected chi connectivity index (χ1v) is 8.01. The fourth-order valence-electron chi connectivity index (χ4n) is 2.12. The van der Waals surface area contributed by atoms with Crippen LogP contribution in [-0.2, 0) is 4.79 Å². The van der Waals surface area contributed by atoms with Gasteiger partial charge in [0.2, 0.25) is 5.91 Å². The molecule has 0 saturated carbocycles. The van der Waals surface area contributed by atoms with E-state index < -0.39 is 0 Å². The highest BCUT2D eigenvalue weighted by Crippen LogP contribution is 2.10. The Morgan fingerprint density at radius 1 is 1.05 bits per heavy atom. The number of hydrogen-bond acceptors (Lipinski definition) is 3. The van der Waals surface area contributed by atoms with Crippen molar-refractivity contribution in [3.63, 3.8) is 0 Å². The van der Waals surface area contributed by atoms with E-state index in [-0.39, 0.29) is 11.8 Å². The number of carbonyl (C=O) groups is 2. The van der Waals surface area contributed by atoms with E-state index in [1.807, 2.05) is 6.92 Å². The van der Waals surface area contributed by atoms with Gasteiger partial charge in [-0.05, 0) is 43.8 Å². The Bertz CT molecular complexity index is 467. The number of amides is 2. The number of anilines is 1. The second kappa shape index (κ2) is 9.95. The zero-order valence-corrected chi connectivity index (χ0v) is 13.8. The van der Waals surface area contributed by atoms with Crippen molar-refractivity contribution in [3.8, 4) is 0 Å². The Kier molecular flexibility index (Phi) is 8.22. The van der Waals surface area contributed by atoms with Crippen molar-refractivity contribution in [2.75, 3.05) is 31.5 Å². The van der Waals surface area contributed by atoms with E-state index in [4.69, 9.17) is 0 Å². The average Bonchev–Trinajstić information content (AvgIpc) is 2.52. The molecule has 1 aromatic carbocycles. The Hall–Kier alpha value is -1.88. The first-order chi connectivity index (χ1) is 10.6. The zero-order valence-electron chi connectivity index (χ0n) is 13.8. The molecule has 0 unspecified atom stereocenters. The van der Waals surface area contributed by atoms with Crippen molar-refractivity contribution in [2.45, 2.75) is 33.6 Å². The van der Waals surface area contributed by atoms with Crippen LogP contribution in [0.3, 0.4) is 0 Å². The molecule has 0 heterocycles. The lowest BCUT2D eigenvalue weighted by Gasteiger charge is -2.17. The molecule has 0 radical (unpaired) electrons. The van der Waals surface area contributed by atoms with Gasteiger partial charge in [-0.3, -0.25) is 9.59 Å². The van der Waals surface area contributed by atoms with Crippen molar-refractivity contribution in [2.24, 2.45) is 0 Å². The molecule has 0 bridgehead atoms. The third kappa shape index (κ3) is 6.26. The summed E-state index contributed by atoms with van der Waals surface area (Å²) in [6.45, 7) is 9.63. The Labute approximate surface area is 133 Å². The van der Waals surface area contributed by atoms with Crippen molar-refractivity contribution in [3.05, 3.63) is 29.8 Å². The molecule has 0 aliphatic carbocycles. The summed E-state index contributed by atoms with van der Waals surface area (Å²) in [5, 5.41) is 5.72. The van der Waals surface area contributed by atoms with E-state index in [1.165, 1.54) is 0 Å². The van der Waals surface area contributed by atoms with Crippen LogP contribution in [0.15, 0.2) is 24.3 Å². The first-order valence-electron chi connectivity index (χ1n) is 8.01. The van der Waals surface area contributed by atoms with Crippen LogP contribution in [0.25, 0.3) is 0 Å². The van der Waals surface area contributed by atoms with Crippen LogP contribution in [0.5, 0.6) is 0 Å². The van der Waals surface area contributed by atoms with Gasteiger partial charge in [0.1, 0.15) is 0 Å². The molecule has 122 valence electrons. The minimum atomic E-state index is -0.0846. The number of carbonyl (C=O) groups excluding carboxylic acids is 2. The smallest absolute Gasteiger partial charge is 0.251 e. The highest BCUT2D eigenvalue weighted by atomic mass is 16.2. The van der Waals surface area contributed by atoms with Gasteiger partial charge in [0.25, 0.3) is 5.91 Å². The molecule has 0 spiro atoms. The summed E-state index contributed by atoms with van der Waals surface area (Å²) in [5.74, 6) is -0.0856. The molecule has 2 amide bonds. The summed E-state index contributed by atoms with van der Waals surface area (Å²) in [4.78, 5) is 25.8. The van der Waals surface area contributed by atoms with Crippen molar-refractivity contribution < 1.29 is 9.59 Å². The summed E-state index contributed by atoms with van der Waals surface area (Å²) < 4.78 is 0. The topological polar surface area (TPSA) is 61.4 Å². The van der Waals surface area contributed by atoms with E-state index >= 15 is 0 Å². The molecular weight excluding hydrogens is 278 g/mol. The molecule has 5 heteroatoms. The van der Waals surface area contributed by atoms with Gasteiger partial charge < -0.3 is 15.5 Å². The predicted molar refractivity (Wildman–Crippen MR) is 90.1 cm³/mol. The zero-order chi connectivity index (χ0) is 16.4. The van der Waals surface area contributed by atoms with Crippen LogP contribution in [-0.4, -0.2) is 42.9 Å². The standard InChI is InChI=1S/C17H27N3O2/c1-4-7-16(21)19-15-10-8-14(9-11-15)17(22)18-12-13-20(5-2)6-3/h8-11H,4-7,12-13H2,1-3H3,(H,18,22)(H,19,21). The molecule has 0 saturated heterocycles. The highest BCUT2D eigenvalue weighted by molar-refractivity contribution is 5.95. The Morgan fingerprint density at radius 3 is 2.23 bits per heavy atom. The number of nitrogens with zero attached hydrogens (tertiary/aromatic N) is 1. The van der Waals surface area contributed by atoms with Crippen LogP contribution >= 0.6 is 0 Å². The van der Waals surface area contributed by atoms with Crippen molar-refractivity contribution >= 4 is 17.5 Å². The van der Waals surface area contributed by atoms with Gasteiger partial charge in [-0.25, -0.2) is 0 Å². The van der Waals surface area contributed by atoms with Gasteiger partial charge in [-0.1, -0.05) is 20.8 Å². The van der Waals surface area contributed by atoms with Gasteiger partial charge in [0.05, 0.1) is 0 Å². The number of likely N-dealkylation sites (N-methyl/N-ethyl adjacent to an activating group) is 1. The second-order valence-corrected chi connectivity index (χ2v) is 5.16. The fourth-order valence-corrected chi connectivity index (χ4v) is 2.12. The molecule has 2 N–H and O–H groups in total. The second-order valence-electron chi connectivity index (χ2n) is 5.16. The third-order valence-electron chi connectivity index (χ3n) is 3.52. The number of rotatable bonds is 9. The van der Waals surface area contributed by atoms with Crippen LogP contribution in [0.1, 0.15) is 44.0 Å². The van der Waals surface area contributed by atoms with E-state index in [0.29, 0.717) is 18.5 Å². The average molecular weight is 305 g/mol. The third-order valence-corrected chi connectivity index (χ3v) is 3.52. The van der Waals surface area contributed by atoms with Crippen LogP contribution in [0.4, 0.5) is 5.69 Å². The van der Waals surface area contributed by atoms with E-state index in [2.05, 4.69) is 29.4 Å². The van der Waals surface area contributed by atoms with Crippen molar-refractivity contribution in [1.82, 2.24) is 10.2 Å². The maximum absolute atomic E-state index is 12.0. The number of nitrogens with one attached hydrogen (secondary N) is 2. The molecule has 0 aromatic heterocycles. The molecule has 0 atom stereocenters. The van der Waals surface area contributed by atoms with Gasteiger partial charge in [0, 0.05) is 30.8 Å². The van der Waals surface area contributed by atoms with Crippen LogP contribution in [0.2, 0.25) is 0 Å². The monoisotopic (exact) mass is 305 g/mol. The normalized spacial score (nSPS) is 10.5. The van der Waals surface area contributed by atoms with Crippen molar-refractivity contribution in [1.29, 1.82) is 0 Å². The maximum Gasteiger partial charge on any atom is 0.251 e. The van der Waals surface area contributed by atoms with Crippen LogP contribution < -0.4 is 10.6 Å². The fraction of sp³-hybridized carbons (Fsp3) is 0.529. The Morgan fingerprint density at radius 2 is 1.68 bits per heavy atom. The maximum atomic E-state index is 12.0. The molecule has 1 aromatic rings. The Balaban J connectivity index is 2.45. The lowest BCUT2D eigenvalue weighted by molar-refractivity contribution is -0.116. The van der Waals surface area contributed by atoms with Gasteiger partial charge >= 0.3 is 0 Å². The number of benzene rings is 1. The molecule has 0 fully saturated rings. The van der Waals surface area contributed by atoms with E-state index in [1.54, 1.807) is 24.3 Å². The SMILES string of the molecule is CCCC(=O)Nc1ccc(C(=O)NCCN(CC)CC)cc1. The molecule has 5 nitrogen and oxygen atoms in total. The summed E-state index contributed by atoms with van der Waals surface area (Å²) in [6, 6.07) is 6.97. The number of hydrogen-bond donors (Lipinski definition) is 2. The lowest BCUT2D eigenvalue weighted by Crippen LogP contribution is -2.34. The quantitative estimate of drug-likeness (QED) is 0.737. The molecular formula is C17H27N3O2. The van der Waals surface area contributed by atoms with Gasteiger partial charge in [-0.15, -0.1) is 0 Å². The minimum Gasteiger partial charge on any atom is -0.351 e. The van der Waals surface area contributed by atoms with Crippen LogP contribution in [0, 0.1) is 0 Å². The molecule has 22 heavy (non-hydrogen) atoms. The summed E-state index contributed by atoms with van der Waals surface area (Å²) in [5.41, 5.74) is 1.33. The van der Waals surface area contributed by atoms with Gasteiger partial charge in [0.15, 0.2) is 0 Å². The summed E-state index contributed by atoms with van der Waals surface area (Å²) >= 11 is 0. The predicted octanol–water partition coefficient (Wildman–Crippen LogP) is 2.50. The molecule has 0 aliphatic heterocycles. The van der Waals surface area contributed by atoms with E-state index in [0.717, 1.165) is 31.7 Å². The summed E-state index contributed by atoms with van der Waals surface area (Å²) in [7, 11) is 0. The highest BCUT2D eigenvalue weighted by Gasteiger charge is 2.07. The molecule has 0 aliphatic rings. The first kappa shape index (κ1) is 18.2. The summed E-state index contributed by atoms with van der Waals surface area (Å²) in [6.07, 6.45) is 1.33. The minimum absolute atomic E-state index is 0.000996. The van der Waals surface area contributed by atoms with Gasteiger partial charge in [-0.2, -0.15) is 0 Å². The molecule has 1 rings (SSSR count). The lowest BCUT2D eigenvalue weighted by atomic mass is 10.2.